The fourth-order valence-electron chi connectivity index (χ4n) is 2.73. The number of benzene rings is 2. The van der Waals surface area contributed by atoms with E-state index in [0.29, 0.717) is 17.9 Å². The number of hydrogen-bond donors (Lipinski definition) is 1. The lowest BCUT2D eigenvalue weighted by Gasteiger charge is -2.08. The van der Waals surface area contributed by atoms with Gasteiger partial charge in [0.15, 0.2) is 5.16 Å². The molecule has 0 saturated heterocycles. The molecule has 2 aromatic carbocycles. The Balaban J connectivity index is 1.65. The van der Waals surface area contributed by atoms with Crippen LogP contribution in [0.3, 0.4) is 0 Å². The largest absolute Gasteiger partial charge is 0.462 e. The zero-order valence-corrected chi connectivity index (χ0v) is 16.1. The van der Waals surface area contributed by atoms with Crippen molar-refractivity contribution >= 4 is 40.4 Å². The van der Waals surface area contributed by atoms with Gasteiger partial charge in [-0.3, -0.25) is 4.79 Å². The van der Waals surface area contributed by atoms with E-state index >= 15 is 0 Å². The molecular formula is C20H21N3O3S. The van der Waals surface area contributed by atoms with Gasteiger partial charge in [0.1, 0.15) is 0 Å². The second kappa shape index (κ2) is 8.73. The molecule has 140 valence electrons. The maximum Gasteiger partial charge on any atom is 0.338 e. The van der Waals surface area contributed by atoms with Gasteiger partial charge in [-0.05, 0) is 44.2 Å². The summed E-state index contributed by atoms with van der Waals surface area (Å²) in [6.07, 6.45) is 0. The first kappa shape index (κ1) is 19.0. The maximum atomic E-state index is 12.3. The van der Waals surface area contributed by atoms with Crippen LogP contribution in [0.25, 0.3) is 11.0 Å². The van der Waals surface area contributed by atoms with Crippen molar-refractivity contribution in [1.82, 2.24) is 9.55 Å². The number of amides is 1. The Bertz CT molecular complexity index is 968. The highest BCUT2D eigenvalue weighted by molar-refractivity contribution is 7.99. The summed E-state index contributed by atoms with van der Waals surface area (Å²) >= 11 is 1.39. The highest BCUT2D eigenvalue weighted by Gasteiger charge is 2.13. The van der Waals surface area contributed by atoms with Crippen LogP contribution in [-0.2, 0) is 16.1 Å². The van der Waals surface area contributed by atoms with Gasteiger partial charge in [0, 0.05) is 12.2 Å². The average Bonchev–Trinajstić information content (AvgIpc) is 3.04. The molecule has 0 fully saturated rings. The minimum atomic E-state index is -0.403. The number of carbonyl (C=O) groups is 2. The number of fused-ring (bicyclic) bond motifs is 1. The number of anilines is 1. The number of para-hydroxylation sites is 2. The summed E-state index contributed by atoms with van der Waals surface area (Å²) in [7, 11) is 0. The van der Waals surface area contributed by atoms with Gasteiger partial charge in [-0.2, -0.15) is 0 Å². The van der Waals surface area contributed by atoms with E-state index in [1.807, 2.05) is 24.3 Å². The van der Waals surface area contributed by atoms with Crippen molar-refractivity contribution < 1.29 is 14.3 Å². The predicted molar refractivity (Wildman–Crippen MR) is 107 cm³/mol. The molecule has 0 aliphatic rings. The second-order valence-corrected chi connectivity index (χ2v) is 6.71. The molecule has 0 atom stereocenters. The fraction of sp³-hybridized carbons (Fsp3) is 0.250. The lowest BCUT2D eigenvalue weighted by molar-refractivity contribution is -0.113. The number of hydrogen-bond acceptors (Lipinski definition) is 5. The fourth-order valence-corrected chi connectivity index (χ4v) is 3.61. The Morgan fingerprint density at radius 2 is 1.96 bits per heavy atom. The standard InChI is InChI=1S/C20H21N3O3S/c1-3-23-17-11-6-5-10-16(17)22-20(23)27-13-18(24)21-15-9-7-8-14(12-15)19(25)26-4-2/h5-12H,3-4,13H2,1-2H3,(H,21,24). The van der Waals surface area contributed by atoms with Crippen LogP contribution in [0.1, 0.15) is 24.2 Å². The highest BCUT2D eigenvalue weighted by Crippen LogP contribution is 2.24. The van der Waals surface area contributed by atoms with E-state index in [-0.39, 0.29) is 11.7 Å². The van der Waals surface area contributed by atoms with Crippen molar-refractivity contribution in [3.63, 3.8) is 0 Å². The third-order valence-corrected chi connectivity index (χ3v) is 4.90. The van der Waals surface area contributed by atoms with Crippen LogP contribution in [0.2, 0.25) is 0 Å². The van der Waals surface area contributed by atoms with Crippen molar-refractivity contribution in [2.45, 2.75) is 25.5 Å². The molecule has 1 aromatic heterocycles. The number of aryl methyl sites for hydroxylation is 1. The van der Waals surface area contributed by atoms with Crippen molar-refractivity contribution in [2.24, 2.45) is 0 Å². The first-order valence-electron chi connectivity index (χ1n) is 8.77. The van der Waals surface area contributed by atoms with E-state index in [4.69, 9.17) is 4.74 Å². The minimum Gasteiger partial charge on any atom is -0.462 e. The van der Waals surface area contributed by atoms with Crippen molar-refractivity contribution in [1.29, 1.82) is 0 Å². The van der Waals surface area contributed by atoms with E-state index in [1.54, 1.807) is 31.2 Å². The molecule has 3 rings (SSSR count). The van der Waals surface area contributed by atoms with Crippen LogP contribution in [0.15, 0.2) is 53.7 Å². The number of nitrogens with one attached hydrogen (secondary N) is 1. The Hall–Kier alpha value is -2.80. The Labute approximate surface area is 161 Å². The number of nitrogens with zero attached hydrogens (tertiary/aromatic N) is 2. The first-order valence-corrected chi connectivity index (χ1v) is 9.76. The monoisotopic (exact) mass is 383 g/mol. The van der Waals surface area contributed by atoms with E-state index in [0.717, 1.165) is 22.7 Å². The summed E-state index contributed by atoms with van der Waals surface area (Å²) in [5.41, 5.74) is 2.96. The van der Waals surface area contributed by atoms with Gasteiger partial charge in [-0.15, -0.1) is 0 Å². The summed E-state index contributed by atoms with van der Waals surface area (Å²) in [6, 6.07) is 14.6. The van der Waals surface area contributed by atoms with Gasteiger partial charge in [0.05, 0.1) is 29.0 Å². The van der Waals surface area contributed by atoms with Crippen molar-refractivity contribution in [3.8, 4) is 0 Å². The SMILES string of the molecule is CCOC(=O)c1cccc(NC(=O)CSc2nc3ccccc3n2CC)c1. The summed E-state index contributed by atoms with van der Waals surface area (Å²) in [5, 5.41) is 3.63. The lowest BCUT2D eigenvalue weighted by atomic mass is 10.2. The van der Waals surface area contributed by atoms with Gasteiger partial charge < -0.3 is 14.6 Å². The molecule has 0 bridgehead atoms. The number of rotatable bonds is 7. The number of esters is 1. The van der Waals surface area contributed by atoms with Crippen LogP contribution in [0, 0.1) is 0 Å². The smallest absolute Gasteiger partial charge is 0.338 e. The minimum absolute atomic E-state index is 0.157. The third-order valence-electron chi connectivity index (χ3n) is 3.93. The highest BCUT2D eigenvalue weighted by atomic mass is 32.2. The predicted octanol–water partition coefficient (Wildman–Crippen LogP) is 3.96. The summed E-state index contributed by atoms with van der Waals surface area (Å²) in [4.78, 5) is 28.7. The summed E-state index contributed by atoms with van der Waals surface area (Å²) < 4.78 is 7.07. The molecule has 0 spiro atoms. The number of aromatic nitrogens is 2. The van der Waals surface area contributed by atoms with Gasteiger partial charge in [-0.1, -0.05) is 30.0 Å². The Morgan fingerprint density at radius 1 is 1.15 bits per heavy atom. The molecule has 1 amide bonds. The molecule has 27 heavy (non-hydrogen) atoms. The number of thioether (sulfide) groups is 1. The number of carbonyl (C=O) groups excluding carboxylic acids is 2. The normalized spacial score (nSPS) is 10.7. The Morgan fingerprint density at radius 3 is 2.74 bits per heavy atom. The second-order valence-electron chi connectivity index (χ2n) is 5.77. The lowest BCUT2D eigenvalue weighted by Crippen LogP contribution is -2.15. The molecule has 0 saturated carbocycles. The molecule has 0 radical (unpaired) electrons. The van der Waals surface area contributed by atoms with E-state index in [1.165, 1.54) is 11.8 Å². The maximum absolute atomic E-state index is 12.3. The zero-order valence-electron chi connectivity index (χ0n) is 15.3. The molecule has 0 aliphatic heterocycles. The Kier molecular flexibility index (Phi) is 6.13. The van der Waals surface area contributed by atoms with E-state index in [9.17, 15) is 9.59 Å². The van der Waals surface area contributed by atoms with Crippen molar-refractivity contribution in [3.05, 3.63) is 54.1 Å². The van der Waals surface area contributed by atoms with Crippen LogP contribution in [-0.4, -0.2) is 33.8 Å². The molecule has 1 N–H and O–H groups in total. The van der Waals surface area contributed by atoms with E-state index in [2.05, 4.69) is 21.8 Å². The third kappa shape index (κ3) is 4.49. The molecule has 1 heterocycles. The van der Waals surface area contributed by atoms with Crippen LogP contribution in [0.5, 0.6) is 0 Å². The summed E-state index contributed by atoms with van der Waals surface area (Å²) in [5.74, 6) is -0.331. The van der Waals surface area contributed by atoms with Gasteiger partial charge in [0.25, 0.3) is 0 Å². The van der Waals surface area contributed by atoms with Gasteiger partial charge >= 0.3 is 5.97 Å². The average molecular weight is 383 g/mol. The van der Waals surface area contributed by atoms with Crippen LogP contribution in [0.4, 0.5) is 5.69 Å². The van der Waals surface area contributed by atoms with Crippen LogP contribution < -0.4 is 5.32 Å². The van der Waals surface area contributed by atoms with Crippen molar-refractivity contribution in [2.75, 3.05) is 17.7 Å². The number of ether oxygens (including phenoxy) is 1. The molecule has 0 aliphatic carbocycles. The van der Waals surface area contributed by atoms with Gasteiger partial charge in [0.2, 0.25) is 5.91 Å². The first-order chi connectivity index (χ1) is 13.1. The number of imidazole rings is 1. The van der Waals surface area contributed by atoms with E-state index < -0.39 is 5.97 Å². The van der Waals surface area contributed by atoms with Gasteiger partial charge in [-0.25, -0.2) is 9.78 Å². The summed E-state index contributed by atoms with van der Waals surface area (Å²) in [6.45, 7) is 4.90. The molecule has 0 unspecified atom stereocenters. The zero-order chi connectivity index (χ0) is 19.2. The molecule has 7 heteroatoms. The van der Waals surface area contributed by atoms with Crippen LogP contribution >= 0.6 is 11.8 Å². The quantitative estimate of drug-likeness (QED) is 0.494. The molecule has 3 aromatic rings. The molecule has 6 nitrogen and oxygen atoms in total. The molecular weight excluding hydrogens is 362 g/mol. The topological polar surface area (TPSA) is 73.2 Å².